The average molecular weight is 522 g/mol. The molecule has 0 amide bonds. The molecule has 1 saturated heterocycles. The lowest BCUT2D eigenvalue weighted by Crippen LogP contribution is -3.00. The Balaban J connectivity index is 0.00000961. The molecule has 0 aromatic carbocycles. The summed E-state index contributed by atoms with van der Waals surface area (Å²) in [4.78, 5) is 47.2. The maximum atomic E-state index is 12.4. The van der Waals surface area contributed by atoms with Gasteiger partial charge in [0, 0.05) is 27.2 Å². The summed E-state index contributed by atoms with van der Waals surface area (Å²) in [5.74, 6) is -0.0286. The van der Waals surface area contributed by atoms with Gasteiger partial charge in [0.05, 0.1) is 33.2 Å². The third kappa shape index (κ3) is 9.97. The first-order valence-corrected chi connectivity index (χ1v) is 9.98. The van der Waals surface area contributed by atoms with Gasteiger partial charge in [0.15, 0.2) is 12.2 Å². The van der Waals surface area contributed by atoms with Gasteiger partial charge in [0.1, 0.15) is 6.54 Å². The van der Waals surface area contributed by atoms with E-state index in [0.29, 0.717) is 24.0 Å². The molecule has 0 aromatic rings. The largest absolute Gasteiger partial charge is 1.00 e. The molecule has 1 fully saturated rings. The number of hydrogen-bond donors (Lipinski definition) is 0. The van der Waals surface area contributed by atoms with Crippen molar-refractivity contribution in [2.45, 2.75) is 71.2 Å². The van der Waals surface area contributed by atoms with Crippen molar-refractivity contribution in [1.82, 2.24) is 0 Å². The third-order valence-electron chi connectivity index (χ3n) is 4.54. The van der Waals surface area contributed by atoms with E-state index in [1.807, 2.05) is 14.1 Å². The molecule has 182 valence electrons. The second-order valence-corrected chi connectivity index (χ2v) is 8.05. The van der Waals surface area contributed by atoms with Crippen LogP contribution in [0.15, 0.2) is 0 Å². The molecule has 0 aromatic heterocycles. The van der Waals surface area contributed by atoms with E-state index in [2.05, 4.69) is 5.92 Å². The van der Waals surface area contributed by atoms with Crippen molar-refractivity contribution in [3.63, 3.8) is 0 Å². The Morgan fingerprint density at radius 2 is 1.41 bits per heavy atom. The van der Waals surface area contributed by atoms with Crippen LogP contribution >= 0.6 is 0 Å². The molecule has 10 nitrogen and oxygen atoms in total. The highest BCUT2D eigenvalue weighted by Crippen LogP contribution is 2.29. The highest BCUT2D eigenvalue weighted by molar-refractivity contribution is 5.70. The Labute approximate surface area is 199 Å². The smallest absolute Gasteiger partial charge is 0.308 e. The molecule has 1 heterocycles. The molecular formula is C21H32BrNO9. The first-order valence-electron chi connectivity index (χ1n) is 9.98. The van der Waals surface area contributed by atoms with Crippen LogP contribution in [0.1, 0.15) is 40.5 Å². The Kier molecular flexibility index (Phi) is 12.5. The van der Waals surface area contributed by atoms with Gasteiger partial charge < -0.3 is 45.1 Å². The lowest BCUT2D eigenvalue weighted by molar-refractivity contribution is -0.883. The van der Waals surface area contributed by atoms with Crippen molar-refractivity contribution in [2.24, 2.45) is 0 Å². The Bertz CT molecular complexity index is 719. The van der Waals surface area contributed by atoms with Crippen molar-refractivity contribution >= 4 is 23.9 Å². The van der Waals surface area contributed by atoms with E-state index in [4.69, 9.17) is 30.1 Å². The molecular weight excluding hydrogens is 490 g/mol. The predicted molar refractivity (Wildman–Crippen MR) is 107 cm³/mol. The Morgan fingerprint density at radius 1 is 0.906 bits per heavy atom. The van der Waals surface area contributed by atoms with Crippen LogP contribution in [0.3, 0.4) is 0 Å². The summed E-state index contributed by atoms with van der Waals surface area (Å²) in [5, 5.41) is 0. The summed E-state index contributed by atoms with van der Waals surface area (Å²) in [6.07, 6.45) is 0.230. The summed E-state index contributed by atoms with van der Waals surface area (Å²) >= 11 is 0. The topological polar surface area (TPSA) is 114 Å². The number of esters is 4. The summed E-state index contributed by atoms with van der Waals surface area (Å²) in [6, 6.07) is 0. The van der Waals surface area contributed by atoms with Crippen LogP contribution in [0.25, 0.3) is 0 Å². The fourth-order valence-corrected chi connectivity index (χ4v) is 3.23. The number of quaternary nitrogens is 1. The number of rotatable bonds is 9. The van der Waals surface area contributed by atoms with E-state index < -0.39 is 54.6 Å². The summed E-state index contributed by atoms with van der Waals surface area (Å²) in [5.41, 5.74) is 0. The van der Waals surface area contributed by atoms with Gasteiger partial charge in [-0.15, -0.1) is 6.42 Å². The zero-order chi connectivity index (χ0) is 23.8. The minimum atomic E-state index is -1.34. The van der Waals surface area contributed by atoms with E-state index in [-0.39, 0.29) is 23.4 Å². The molecule has 32 heavy (non-hydrogen) atoms. The number of ether oxygens (including phenoxy) is 5. The molecule has 0 aliphatic carbocycles. The number of nitrogens with zero attached hydrogens (tertiary/aromatic N) is 1. The van der Waals surface area contributed by atoms with Crippen LogP contribution < -0.4 is 17.0 Å². The van der Waals surface area contributed by atoms with Crippen molar-refractivity contribution in [2.75, 3.05) is 27.2 Å². The minimum absolute atomic E-state index is 0. The van der Waals surface area contributed by atoms with Crippen molar-refractivity contribution < 1.29 is 64.3 Å². The van der Waals surface area contributed by atoms with Crippen LogP contribution in [0, 0.1) is 12.3 Å². The summed E-state index contributed by atoms with van der Waals surface area (Å²) in [6.45, 7) is 6.23. The molecule has 0 radical (unpaired) electrons. The minimum Gasteiger partial charge on any atom is -1.00 e. The van der Waals surface area contributed by atoms with E-state index >= 15 is 0 Å². The van der Waals surface area contributed by atoms with Gasteiger partial charge >= 0.3 is 23.9 Å². The zero-order valence-corrected chi connectivity index (χ0v) is 20.9. The molecule has 0 N–H and O–H groups in total. The van der Waals surface area contributed by atoms with E-state index in [9.17, 15) is 19.2 Å². The van der Waals surface area contributed by atoms with Gasteiger partial charge in [-0.25, -0.2) is 0 Å². The lowest BCUT2D eigenvalue weighted by atomic mass is 9.99. The van der Waals surface area contributed by atoms with E-state index in [1.165, 1.54) is 6.92 Å². The van der Waals surface area contributed by atoms with Gasteiger partial charge in [-0.05, 0) is 12.8 Å². The predicted octanol–water partition coefficient (Wildman–Crippen LogP) is -2.44. The van der Waals surface area contributed by atoms with E-state index in [0.717, 1.165) is 13.8 Å². The van der Waals surface area contributed by atoms with Gasteiger partial charge in [0.2, 0.25) is 12.4 Å². The maximum Gasteiger partial charge on any atom is 0.308 e. The first-order chi connectivity index (χ1) is 14.4. The molecule has 0 bridgehead atoms. The van der Waals surface area contributed by atoms with Crippen molar-refractivity contribution in [3.05, 3.63) is 0 Å². The van der Waals surface area contributed by atoms with Gasteiger partial charge in [-0.1, -0.05) is 0 Å². The normalized spacial score (nSPS) is 24.8. The number of halogens is 1. The van der Waals surface area contributed by atoms with Gasteiger partial charge in [-0.3, -0.25) is 19.2 Å². The number of hydrogen-bond acceptors (Lipinski definition) is 9. The average Bonchev–Trinajstić information content (AvgIpc) is 2.60. The highest BCUT2D eigenvalue weighted by Gasteiger charge is 2.52. The van der Waals surface area contributed by atoms with Crippen LogP contribution in [0.4, 0.5) is 0 Å². The lowest BCUT2D eigenvalue weighted by Gasteiger charge is -2.42. The summed E-state index contributed by atoms with van der Waals surface area (Å²) in [7, 11) is 3.90. The van der Waals surface area contributed by atoms with E-state index in [1.54, 1.807) is 6.92 Å². The second-order valence-electron chi connectivity index (χ2n) is 8.05. The van der Waals surface area contributed by atoms with Gasteiger partial charge in [0.25, 0.3) is 0 Å². The molecule has 1 rings (SSSR count). The van der Waals surface area contributed by atoms with Crippen LogP contribution in [0.5, 0.6) is 0 Å². The molecule has 1 aliphatic heterocycles. The number of carbonyl (C=O) groups is 4. The second kappa shape index (κ2) is 13.4. The quantitative estimate of drug-likeness (QED) is 0.141. The number of terminal acetylenes is 1. The molecule has 1 aliphatic rings. The third-order valence-corrected chi connectivity index (χ3v) is 4.54. The standard InChI is InChI=1S/C21H32NO9.BrH/c1-8-11-22(6,7)12-9-10-17(26)31-21-20(30-16(5)25)19(29-15(4)24)18(13(2)27-21)28-14(3)23;/h1,13,18-21H,9-12H2,2-7H3;1H/q+1;/p-1/t13-,18+,19+,20-,21?;/m0./s1. The van der Waals surface area contributed by atoms with Gasteiger partial charge in [-0.2, -0.15) is 0 Å². The molecule has 5 atom stereocenters. The summed E-state index contributed by atoms with van der Waals surface area (Å²) < 4.78 is 27.3. The SMILES string of the molecule is C#CC[N+](C)(C)CCCC(=O)OC1O[C@@H](C)[C@@H](OC(C)=O)[C@@H](OC(C)=O)[C@@H]1OC(C)=O.[Br-]. The monoisotopic (exact) mass is 521 g/mol. The Morgan fingerprint density at radius 3 is 1.91 bits per heavy atom. The van der Waals surface area contributed by atoms with Crippen LogP contribution in [-0.2, 0) is 42.9 Å². The molecule has 1 unspecified atom stereocenters. The first kappa shape index (κ1) is 29.8. The van der Waals surface area contributed by atoms with Crippen LogP contribution in [0.2, 0.25) is 0 Å². The maximum absolute atomic E-state index is 12.4. The number of carbonyl (C=O) groups excluding carboxylic acids is 4. The zero-order valence-electron chi connectivity index (χ0n) is 19.3. The van der Waals surface area contributed by atoms with Crippen molar-refractivity contribution in [1.29, 1.82) is 0 Å². The fraction of sp³-hybridized carbons (Fsp3) is 0.714. The van der Waals surface area contributed by atoms with Crippen LogP contribution in [-0.4, -0.2) is 86.3 Å². The van der Waals surface area contributed by atoms with Crippen molar-refractivity contribution in [3.8, 4) is 12.3 Å². The fourth-order valence-electron chi connectivity index (χ4n) is 3.23. The molecule has 0 spiro atoms. The molecule has 0 saturated carbocycles. The highest BCUT2D eigenvalue weighted by atomic mass is 79.9. The Hall–Kier alpha value is -2.16. The molecule has 11 heteroatoms.